The molecule has 2 amide bonds. The van der Waals surface area contributed by atoms with E-state index in [0.717, 1.165) is 34.7 Å². The van der Waals surface area contributed by atoms with E-state index in [9.17, 15) is 9.59 Å². The lowest BCUT2D eigenvalue weighted by Gasteiger charge is -2.35. The molecule has 0 bridgehead atoms. The van der Waals surface area contributed by atoms with Gasteiger partial charge in [-0.1, -0.05) is 36.4 Å². The van der Waals surface area contributed by atoms with Gasteiger partial charge in [0.15, 0.2) is 0 Å². The Bertz CT molecular complexity index is 1020. The normalized spacial score (nSPS) is 16.3. The molecule has 4 rings (SSSR count). The summed E-state index contributed by atoms with van der Waals surface area (Å²) in [6.07, 6.45) is 4.45. The van der Waals surface area contributed by atoms with Crippen LogP contribution >= 0.6 is 11.3 Å². The van der Waals surface area contributed by atoms with Crippen molar-refractivity contribution in [1.29, 1.82) is 0 Å². The summed E-state index contributed by atoms with van der Waals surface area (Å²) >= 11 is 1.54. The Balaban J connectivity index is 1.52. The molecule has 1 saturated heterocycles. The molecular weight excluding hydrogens is 396 g/mol. The molecule has 1 aliphatic heterocycles. The Morgan fingerprint density at radius 2 is 1.93 bits per heavy atom. The molecule has 1 aromatic carbocycles. The van der Waals surface area contributed by atoms with Gasteiger partial charge in [-0.3, -0.25) is 14.6 Å². The van der Waals surface area contributed by atoms with Crippen molar-refractivity contribution in [2.75, 3.05) is 13.1 Å². The van der Waals surface area contributed by atoms with Gasteiger partial charge in [0, 0.05) is 25.3 Å². The van der Waals surface area contributed by atoms with Gasteiger partial charge in [-0.2, -0.15) is 0 Å². The molecule has 3 aromatic rings. The van der Waals surface area contributed by atoms with Gasteiger partial charge in [-0.25, -0.2) is 4.98 Å². The number of likely N-dealkylation sites (tertiary alicyclic amines) is 1. The first-order valence-corrected chi connectivity index (χ1v) is 11.0. The van der Waals surface area contributed by atoms with Crippen LogP contribution in [0.1, 0.15) is 45.2 Å². The van der Waals surface area contributed by atoms with Crippen LogP contribution in [0, 0.1) is 6.92 Å². The van der Waals surface area contributed by atoms with Gasteiger partial charge in [0.25, 0.3) is 11.8 Å². The van der Waals surface area contributed by atoms with E-state index in [0.29, 0.717) is 24.5 Å². The molecule has 1 unspecified atom stereocenters. The Morgan fingerprint density at radius 3 is 2.70 bits per heavy atom. The average Bonchev–Trinajstić information content (AvgIpc) is 3.20. The lowest BCUT2D eigenvalue weighted by molar-refractivity contribution is 0.0598. The summed E-state index contributed by atoms with van der Waals surface area (Å²) in [6.45, 7) is 3.01. The first-order chi connectivity index (χ1) is 14.6. The number of rotatable bonds is 5. The standard InChI is InChI=1S/C23H24N4O2S/c1-16-26-20(21(30-16)17-9-3-2-4-10-17)23(29)27-14-8-6-11-18(27)15-25-22(28)19-12-5-7-13-24-19/h2-5,7,9-10,12-13,18H,6,8,11,14-15H2,1H3,(H,25,28). The van der Waals surface area contributed by atoms with Crippen molar-refractivity contribution in [3.8, 4) is 10.4 Å². The highest BCUT2D eigenvalue weighted by Crippen LogP contribution is 2.32. The number of aryl methyl sites for hydroxylation is 1. The molecule has 1 atom stereocenters. The molecule has 1 fully saturated rings. The van der Waals surface area contributed by atoms with Crippen LogP contribution in [0.2, 0.25) is 0 Å². The van der Waals surface area contributed by atoms with E-state index in [2.05, 4.69) is 15.3 Å². The molecule has 154 valence electrons. The van der Waals surface area contributed by atoms with Gasteiger partial charge < -0.3 is 10.2 Å². The second kappa shape index (κ2) is 9.17. The summed E-state index contributed by atoms with van der Waals surface area (Å²) in [5, 5.41) is 3.81. The molecule has 0 radical (unpaired) electrons. The van der Waals surface area contributed by atoms with Crippen molar-refractivity contribution < 1.29 is 9.59 Å². The number of nitrogens with zero attached hydrogens (tertiary/aromatic N) is 3. The van der Waals surface area contributed by atoms with Crippen molar-refractivity contribution in [2.24, 2.45) is 0 Å². The summed E-state index contributed by atoms with van der Waals surface area (Å²) in [4.78, 5) is 37.3. The highest BCUT2D eigenvalue weighted by molar-refractivity contribution is 7.15. The maximum absolute atomic E-state index is 13.5. The number of hydrogen-bond donors (Lipinski definition) is 1. The van der Waals surface area contributed by atoms with E-state index in [1.807, 2.05) is 42.2 Å². The van der Waals surface area contributed by atoms with Crippen LogP contribution in [0.4, 0.5) is 0 Å². The Labute approximate surface area is 180 Å². The predicted molar refractivity (Wildman–Crippen MR) is 118 cm³/mol. The average molecular weight is 421 g/mol. The zero-order valence-corrected chi connectivity index (χ0v) is 17.7. The smallest absolute Gasteiger partial charge is 0.274 e. The monoisotopic (exact) mass is 420 g/mol. The van der Waals surface area contributed by atoms with E-state index < -0.39 is 0 Å². The summed E-state index contributed by atoms with van der Waals surface area (Å²) < 4.78 is 0. The third kappa shape index (κ3) is 4.41. The highest BCUT2D eigenvalue weighted by atomic mass is 32.1. The molecule has 2 aromatic heterocycles. The van der Waals surface area contributed by atoms with E-state index in [1.54, 1.807) is 24.4 Å². The van der Waals surface area contributed by atoms with Gasteiger partial charge in [-0.15, -0.1) is 11.3 Å². The Morgan fingerprint density at radius 1 is 1.13 bits per heavy atom. The fourth-order valence-electron chi connectivity index (χ4n) is 3.77. The first-order valence-electron chi connectivity index (χ1n) is 10.2. The second-order valence-corrected chi connectivity index (χ2v) is 8.55. The zero-order chi connectivity index (χ0) is 20.9. The molecule has 1 N–H and O–H groups in total. The topological polar surface area (TPSA) is 75.2 Å². The maximum Gasteiger partial charge on any atom is 0.274 e. The van der Waals surface area contributed by atoms with Crippen LogP contribution < -0.4 is 5.32 Å². The molecule has 1 aliphatic rings. The fraction of sp³-hybridized carbons (Fsp3) is 0.304. The Hall–Kier alpha value is -3.06. The summed E-state index contributed by atoms with van der Waals surface area (Å²) in [7, 11) is 0. The van der Waals surface area contributed by atoms with Crippen LogP contribution in [0.5, 0.6) is 0 Å². The summed E-state index contributed by atoms with van der Waals surface area (Å²) in [5.41, 5.74) is 1.89. The maximum atomic E-state index is 13.5. The van der Waals surface area contributed by atoms with Crippen LogP contribution in [-0.4, -0.2) is 45.8 Å². The van der Waals surface area contributed by atoms with Crippen molar-refractivity contribution >= 4 is 23.2 Å². The molecule has 0 saturated carbocycles. The highest BCUT2D eigenvalue weighted by Gasteiger charge is 2.31. The van der Waals surface area contributed by atoms with Gasteiger partial charge in [0.1, 0.15) is 11.4 Å². The predicted octanol–water partition coefficient (Wildman–Crippen LogP) is 3.94. The number of pyridine rings is 1. The van der Waals surface area contributed by atoms with E-state index in [4.69, 9.17) is 0 Å². The van der Waals surface area contributed by atoms with Crippen LogP contribution in [0.15, 0.2) is 54.7 Å². The lowest BCUT2D eigenvalue weighted by Crippen LogP contribution is -2.49. The number of nitrogens with one attached hydrogen (secondary N) is 1. The third-order valence-corrected chi connectivity index (χ3v) is 6.28. The van der Waals surface area contributed by atoms with Gasteiger partial charge in [0.2, 0.25) is 0 Å². The number of amides is 2. The van der Waals surface area contributed by atoms with Crippen molar-refractivity contribution in [2.45, 2.75) is 32.2 Å². The third-order valence-electron chi connectivity index (χ3n) is 5.26. The largest absolute Gasteiger partial charge is 0.349 e. The number of aromatic nitrogens is 2. The van der Waals surface area contributed by atoms with Crippen molar-refractivity contribution in [3.63, 3.8) is 0 Å². The zero-order valence-electron chi connectivity index (χ0n) is 16.9. The van der Waals surface area contributed by atoms with E-state index in [1.165, 1.54) is 11.3 Å². The second-order valence-electron chi connectivity index (χ2n) is 7.35. The number of hydrogen-bond acceptors (Lipinski definition) is 5. The van der Waals surface area contributed by atoms with Gasteiger partial charge in [-0.05, 0) is 43.9 Å². The summed E-state index contributed by atoms with van der Waals surface area (Å²) in [6, 6.07) is 15.1. The lowest BCUT2D eigenvalue weighted by atomic mass is 10.0. The fourth-order valence-corrected chi connectivity index (χ4v) is 4.69. The number of carbonyl (C=O) groups is 2. The minimum Gasteiger partial charge on any atom is -0.349 e. The SMILES string of the molecule is Cc1nc(C(=O)N2CCCCC2CNC(=O)c2ccccn2)c(-c2ccccc2)s1. The molecule has 3 heterocycles. The van der Waals surface area contributed by atoms with Crippen molar-refractivity contribution in [1.82, 2.24) is 20.2 Å². The van der Waals surface area contributed by atoms with Gasteiger partial charge >= 0.3 is 0 Å². The number of piperidine rings is 1. The minimum atomic E-state index is -0.219. The molecule has 0 aliphatic carbocycles. The number of carbonyl (C=O) groups excluding carboxylic acids is 2. The molecule has 30 heavy (non-hydrogen) atoms. The van der Waals surface area contributed by atoms with Crippen LogP contribution in [0.3, 0.4) is 0 Å². The van der Waals surface area contributed by atoms with E-state index in [-0.39, 0.29) is 17.9 Å². The molecule has 7 heteroatoms. The number of thiazole rings is 1. The number of benzene rings is 1. The molecular formula is C23H24N4O2S. The van der Waals surface area contributed by atoms with Crippen LogP contribution in [0.25, 0.3) is 10.4 Å². The van der Waals surface area contributed by atoms with Gasteiger partial charge in [0.05, 0.1) is 9.88 Å². The minimum absolute atomic E-state index is 0.0514. The van der Waals surface area contributed by atoms with E-state index >= 15 is 0 Å². The summed E-state index contributed by atoms with van der Waals surface area (Å²) in [5.74, 6) is -0.280. The Kier molecular flexibility index (Phi) is 6.18. The van der Waals surface area contributed by atoms with Crippen molar-refractivity contribution in [3.05, 3.63) is 71.1 Å². The molecule has 6 nitrogen and oxygen atoms in total. The van der Waals surface area contributed by atoms with Crippen LogP contribution in [-0.2, 0) is 0 Å². The first kappa shape index (κ1) is 20.2. The molecule has 0 spiro atoms. The quantitative estimate of drug-likeness (QED) is 0.678.